The monoisotopic (exact) mass is 302 g/mol. The molecule has 0 radical (unpaired) electrons. The topological polar surface area (TPSA) is 55.2 Å². The van der Waals surface area contributed by atoms with Gasteiger partial charge in [-0.25, -0.2) is 0 Å². The van der Waals surface area contributed by atoms with Crippen LogP contribution in [0.15, 0.2) is 42.5 Å². The first-order chi connectivity index (χ1) is 10.1. The fourth-order valence-corrected chi connectivity index (χ4v) is 2.50. The first-order valence-corrected chi connectivity index (χ1v) is 7.28. The molecule has 1 aliphatic rings. The number of rotatable bonds is 5. The Balaban J connectivity index is 1.71. The predicted octanol–water partition coefficient (Wildman–Crippen LogP) is 4.74. The number of nitrogens with one attached hydrogen (secondary N) is 1. The van der Waals surface area contributed by atoms with E-state index in [0.29, 0.717) is 17.3 Å². The normalized spacial score (nSPS) is 14.0. The smallest absolute Gasteiger partial charge is 0.292 e. The Morgan fingerprint density at radius 1 is 1.19 bits per heavy atom. The molecule has 21 heavy (non-hydrogen) atoms. The van der Waals surface area contributed by atoms with Gasteiger partial charge in [0.2, 0.25) is 0 Å². The van der Waals surface area contributed by atoms with Crippen LogP contribution in [0.3, 0.4) is 0 Å². The van der Waals surface area contributed by atoms with Crippen molar-refractivity contribution in [3.05, 3.63) is 68.7 Å². The van der Waals surface area contributed by atoms with Crippen molar-refractivity contribution >= 4 is 23.0 Å². The third-order valence-electron chi connectivity index (χ3n) is 3.67. The van der Waals surface area contributed by atoms with Gasteiger partial charge in [0.25, 0.3) is 5.69 Å². The summed E-state index contributed by atoms with van der Waals surface area (Å²) in [7, 11) is 0. The summed E-state index contributed by atoms with van der Waals surface area (Å²) < 4.78 is 0. The maximum absolute atomic E-state index is 11.0. The highest BCUT2D eigenvalue weighted by Crippen LogP contribution is 2.39. The van der Waals surface area contributed by atoms with Crippen molar-refractivity contribution in [2.24, 2.45) is 0 Å². The van der Waals surface area contributed by atoms with E-state index in [1.807, 2.05) is 0 Å². The molecule has 0 heterocycles. The van der Waals surface area contributed by atoms with E-state index in [4.69, 9.17) is 11.6 Å². The fraction of sp³-hybridized carbons (Fsp3) is 0.250. The highest BCUT2D eigenvalue weighted by molar-refractivity contribution is 6.31. The molecule has 0 spiro atoms. The van der Waals surface area contributed by atoms with Gasteiger partial charge in [-0.15, -0.1) is 0 Å². The molecule has 0 amide bonds. The van der Waals surface area contributed by atoms with Gasteiger partial charge in [-0.2, -0.15) is 0 Å². The van der Waals surface area contributed by atoms with Crippen LogP contribution in [0.1, 0.15) is 29.9 Å². The van der Waals surface area contributed by atoms with Gasteiger partial charge in [-0.05, 0) is 42.0 Å². The summed E-state index contributed by atoms with van der Waals surface area (Å²) >= 11 is 5.90. The van der Waals surface area contributed by atoms with Crippen molar-refractivity contribution in [3.8, 4) is 0 Å². The van der Waals surface area contributed by atoms with E-state index in [9.17, 15) is 10.1 Å². The molecule has 4 nitrogen and oxygen atoms in total. The van der Waals surface area contributed by atoms with Gasteiger partial charge >= 0.3 is 0 Å². The van der Waals surface area contributed by atoms with Crippen LogP contribution < -0.4 is 5.32 Å². The number of benzene rings is 2. The summed E-state index contributed by atoms with van der Waals surface area (Å²) in [5, 5.41) is 14.6. The molecule has 5 heteroatoms. The lowest BCUT2D eigenvalue weighted by atomic mass is 10.1. The maximum atomic E-state index is 11.0. The molecule has 1 aliphatic carbocycles. The zero-order chi connectivity index (χ0) is 14.8. The SMILES string of the molecule is O=[N+]([O-])c1ccc(Cl)cc1NCc1ccc(C2CC2)cc1. The molecule has 2 aromatic carbocycles. The second kappa shape index (κ2) is 5.74. The lowest BCUT2D eigenvalue weighted by Crippen LogP contribution is -2.02. The molecule has 0 atom stereocenters. The van der Waals surface area contributed by atoms with Gasteiger partial charge in [0.05, 0.1) is 4.92 Å². The van der Waals surface area contributed by atoms with E-state index in [1.165, 1.54) is 30.5 Å². The van der Waals surface area contributed by atoms with Crippen molar-refractivity contribution in [3.63, 3.8) is 0 Å². The molecule has 1 N–H and O–H groups in total. The molecule has 1 fully saturated rings. The third-order valence-corrected chi connectivity index (χ3v) is 3.90. The molecule has 0 bridgehead atoms. The zero-order valence-electron chi connectivity index (χ0n) is 11.4. The molecule has 108 valence electrons. The lowest BCUT2D eigenvalue weighted by Gasteiger charge is -2.08. The number of hydrogen-bond donors (Lipinski definition) is 1. The van der Waals surface area contributed by atoms with E-state index in [-0.39, 0.29) is 5.69 Å². The molecule has 0 aromatic heterocycles. The number of halogens is 1. The van der Waals surface area contributed by atoms with Crippen LogP contribution in [-0.4, -0.2) is 4.92 Å². The van der Waals surface area contributed by atoms with E-state index in [2.05, 4.69) is 29.6 Å². The minimum Gasteiger partial charge on any atom is -0.375 e. The van der Waals surface area contributed by atoms with Crippen LogP contribution in [0.5, 0.6) is 0 Å². The first kappa shape index (κ1) is 13.9. The van der Waals surface area contributed by atoms with E-state index in [0.717, 1.165) is 11.5 Å². The summed E-state index contributed by atoms with van der Waals surface area (Å²) in [5.41, 5.74) is 2.95. The number of hydrogen-bond acceptors (Lipinski definition) is 3. The van der Waals surface area contributed by atoms with E-state index >= 15 is 0 Å². The van der Waals surface area contributed by atoms with Crippen LogP contribution in [0.25, 0.3) is 0 Å². The maximum Gasteiger partial charge on any atom is 0.292 e. The quantitative estimate of drug-likeness (QED) is 0.641. The number of nitrogens with zero attached hydrogens (tertiary/aromatic N) is 1. The minimum absolute atomic E-state index is 0.0361. The van der Waals surface area contributed by atoms with Crippen molar-refractivity contribution in [2.75, 3.05) is 5.32 Å². The van der Waals surface area contributed by atoms with Crippen LogP contribution in [0.2, 0.25) is 5.02 Å². The standard InChI is InChI=1S/C16H15ClN2O2/c17-14-7-8-16(19(20)21)15(9-14)18-10-11-1-3-12(4-2-11)13-5-6-13/h1-4,7-9,13,18H,5-6,10H2. The van der Waals surface area contributed by atoms with Crippen molar-refractivity contribution in [2.45, 2.75) is 25.3 Å². The van der Waals surface area contributed by atoms with Crippen molar-refractivity contribution in [1.82, 2.24) is 0 Å². The third kappa shape index (κ3) is 3.34. The van der Waals surface area contributed by atoms with Gasteiger partial charge in [-0.1, -0.05) is 35.9 Å². The predicted molar refractivity (Wildman–Crippen MR) is 83.9 cm³/mol. The fourth-order valence-electron chi connectivity index (χ4n) is 2.33. The highest BCUT2D eigenvalue weighted by atomic mass is 35.5. The summed E-state index contributed by atoms with van der Waals surface area (Å²) in [6.45, 7) is 0.534. The summed E-state index contributed by atoms with van der Waals surface area (Å²) in [6.07, 6.45) is 2.57. The Labute approximate surface area is 127 Å². The minimum atomic E-state index is -0.408. The largest absolute Gasteiger partial charge is 0.375 e. The van der Waals surface area contributed by atoms with Gasteiger partial charge in [0.15, 0.2) is 0 Å². The van der Waals surface area contributed by atoms with Gasteiger partial charge in [-0.3, -0.25) is 10.1 Å². The lowest BCUT2D eigenvalue weighted by molar-refractivity contribution is -0.384. The number of nitro benzene ring substituents is 1. The second-order valence-electron chi connectivity index (χ2n) is 5.29. The van der Waals surface area contributed by atoms with E-state index < -0.39 is 4.92 Å². The summed E-state index contributed by atoms with van der Waals surface area (Å²) in [4.78, 5) is 10.6. The average Bonchev–Trinajstić information content (AvgIpc) is 3.30. The molecule has 3 rings (SSSR count). The van der Waals surface area contributed by atoms with Gasteiger partial charge in [0.1, 0.15) is 5.69 Å². The number of anilines is 1. The van der Waals surface area contributed by atoms with Crippen LogP contribution in [0.4, 0.5) is 11.4 Å². The Morgan fingerprint density at radius 3 is 2.52 bits per heavy atom. The Morgan fingerprint density at radius 2 is 1.90 bits per heavy atom. The highest BCUT2D eigenvalue weighted by Gasteiger charge is 2.22. The average molecular weight is 303 g/mol. The molecular formula is C16H15ClN2O2. The zero-order valence-corrected chi connectivity index (χ0v) is 12.1. The second-order valence-corrected chi connectivity index (χ2v) is 5.72. The van der Waals surface area contributed by atoms with Crippen LogP contribution in [0, 0.1) is 10.1 Å². The molecule has 1 saturated carbocycles. The molecule has 0 unspecified atom stereocenters. The van der Waals surface area contributed by atoms with Gasteiger partial charge < -0.3 is 5.32 Å². The summed E-state index contributed by atoms with van der Waals surface area (Å²) in [5.74, 6) is 0.737. The number of nitro groups is 1. The Kier molecular flexibility index (Phi) is 3.80. The van der Waals surface area contributed by atoms with Crippen molar-refractivity contribution in [1.29, 1.82) is 0 Å². The van der Waals surface area contributed by atoms with E-state index in [1.54, 1.807) is 6.07 Å². The van der Waals surface area contributed by atoms with Crippen LogP contribution >= 0.6 is 11.6 Å². The molecule has 2 aromatic rings. The van der Waals surface area contributed by atoms with Crippen molar-refractivity contribution < 1.29 is 4.92 Å². The Bertz CT molecular complexity index is 666. The Hall–Kier alpha value is -2.07. The molecular weight excluding hydrogens is 288 g/mol. The van der Waals surface area contributed by atoms with Crippen LogP contribution in [-0.2, 0) is 6.54 Å². The first-order valence-electron chi connectivity index (χ1n) is 6.90. The molecule has 0 saturated heterocycles. The summed E-state index contributed by atoms with van der Waals surface area (Å²) in [6, 6.07) is 12.9. The van der Waals surface area contributed by atoms with Gasteiger partial charge in [0, 0.05) is 17.6 Å². The molecule has 0 aliphatic heterocycles.